The van der Waals surface area contributed by atoms with Gasteiger partial charge in [-0.3, -0.25) is 4.98 Å². The number of nitrogens with zero attached hydrogens (tertiary/aromatic N) is 1. The quantitative estimate of drug-likeness (QED) is 0.688. The average Bonchev–Trinajstić information content (AvgIpc) is 2.48. The molecule has 0 spiro atoms. The van der Waals surface area contributed by atoms with Crippen molar-refractivity contribution < 1.29 is 9.05 Å². The van der Waals surface area contributed by atoms with Crippen LogP contribution in [0.4, 0.5) is 0 Å². The van der Waals surface area contributed by atoms with Gasteiger partial charge in [0.25, 0.3) is 0 Å². The van der Waals surface area contributed by atoms with Gasteiger partial charge >= 0.3 is 0 Å². The van der Waals surface area contributed by atoms with E-state index in [9.17, 15) is 0 Å². The number of aromatic nitrogens is 1. The molecule has 0 amide bonds. The highest BCUT2D eigenvalue weighted by atomic mass is 31.2. The first-order valence-corrected chi connectivity index (χ1v) is 8.45. The summed E-state index contributed by atoms with van der Waals surface area (Å²) in [6.45, 7) is 9.43. The van der Waals surface area contributed by atoms with Gasteiger partial charge in [0.15, 0.2) is 8.38 Å². The first-order chi connectivity index (χ1) is 10.2. The van der Waals surface area contributed by atoms with E-state index in [1.54, 1.807) is 0 Å². The standard InChI is InChI=1S/C10H9N.C7H15O2P/c1-8-4-5-10-9(7-8)3-2-6-11-10;1-4-7-10(8-5-2)9-6-3/h2-7H,1H3;4,7H,5-6H2,1-3H3/b;7-4+. The van der Waals surface area contributed by atoms with Crippen molar-refractivity contribution in [3.8, 4) is 0 Å². The summed E-state index contributed by atoms with van der Waals surface area (Å²) in [5.41, 5.74) is 2.35. The summed E-state index contributed by atoms with van der Waals surface area (Å²) >= 11 is 0. The lowest BCUT2D eigenvalue weighted by Gasteiger charge is -2.09. The molecule has 0 aliphatic heterocycles. The van der Waals surface area contributed by atoms with Crippen LogP contribution in [0.1, 0.15) is 26.3 Å². The zero-order valence-electron chi connectivity index (χ0n) is 13.2. The van der Waals surface area contributed by atoms with Gasteiger partial charge in [0.1, 0.15) is 0 Å². The topological polar surface area (TPSA) is 31.4 Å². The van der Waals surface area contributed by atoms with Gasteiger partial charge in [-0.25, -0.2) is 0 Å². The van der Waals surface area contributed by atoms with Crippen molar-refractivity contribution in [1.82, 2.24) is 4.98 Å². The molecule has 21 heavy (non-hydrogen) atoms. The van der Waals surface area contributed by atoms with Gasteiger partial charge in [-0.05, 0) is 51.7 Å². The molecule has 0 N–H and O–H groups in total. The van der Waals surface area contributed by atoms with E-state index in [1.807, 2.05) is 51.0 Å². The fourth-order valence-corrected chi connectivity index (χ4v) is 2.69. The van der Waals surface area contributed by atoms with Crippen molar-refractivity contribution in [2.75, 3.05) is 13.2 Å². The Bertz CT molecular complexity index is 551. The summed E-state index contributed by atoms with van der Waals surface area (Å²) in [7, 11) is -0.742. The molecule has 1 heterocycles. The van der Waals surface area contributed by atoms with Crippen LogP contribution in [0.15, 0.2) is 48.4 Å². The lowest BCUT2D eigenvalue weighted by atomic mass is 10.1. The molecule has 4 heteroatoms. The minimum Gasteiger partial charge on any atom is -0.331 e. The molecule has 2 rings (SSSR count). The summed E-state index contributed by atoms with van der Waals surface area (Å²) in [4.78, 5) is 4.22. The number of rotatable bonds is 5. The Kier molecular flexibility index (Phi) is 8.84. The molecule has 0 aliphatic rings. The van der Waals surface area contributed by atoms with Gasteiger partial charge in [-0.1, -0.05) is 23.8 Å². The van der Waals surface area contributed by atoms with Gasteiger partial charge in [-0.2, -0.15) is 0 Å². The van der Waals surface area contributed by atoms with Gasteiger partial charge in [0.2, 0.25) is 0 Å². The molecular weight excluding hydrogens is 281 g/mol. The second-order valence-electron chi connectivity index (χ2n) is 4.30. The summed E-state index contributed by atoms with van der Waals surface area (Å²) in [5, 5.41) is 1.22. The van der Waals surface area contributed by atoms with Crippen molar-refractivity contribution in [3.63, 3.8) is 0 Å². The molecule has 114 valence electrons. The van der Waals surface area contributed by atoms with Crippen molar-refractivity contribution >= 4 is 19.3 Å². The summed E-state index contributed by atoms with van der Waals surface area (Å²) < 4.78 is 10.6. The third kappa shape index (κ3) is 6.81. The van der Waals surface area contributed by atoms with E-state index in [2.05, 4.69) is 30.1 Å². The van der Waals surface area contributed by atoms with Gasteiger partial charge in [0.05, 0.1) is 18.7 Å². The Labute approximate surface area is 128 Å². The number of pyridine rings is 1. The zero-order chi connectivity index (χ0) is 15.5. The van der Waals surface area contributed by atoms with Crippen molar-refractivity contribution in [1.29, 1.82) is 0 Å². The molecule has 0 fully saturated rings. The Morgan fingerprint density at radius 3 is 2.48 bits per heavy atom. The monoisotopic (exact) mass is 305 g/mol. The van der Waals surface area contributed by atoms with Crippen LogP contribution in [0.5, 0.6) is 0 Å². The van der Waals surface area contributed by atoms with Crippen LogP contribution in [-0.4, -0.2) is 18.2 Å². The number of hydrogen-bond donors (Lipinski definition) is 0. The van der Waals surface area contributed by atoms with Crippen LogP contribution >= 0.6 is 8.38 Å². The van der Waals surface area contributed by atoms with Crippen LogP contribution < -0.4 is 0 Å². The van der Waals surface area contributed by atoms with Crippen LogP contribution in [0.25, 0.3) is 10.9 Å². The Balaban J connectivity index is 0.000000212. The molecule has 0 atom stereocenters. The predicted molar refractivity (Wildman–Crippen MR) is 91.5 cm³/mol. The molecule has 0 saturated carbocycles. The lowest BCUT2D eigenvalue weighted by molar-refractivity contribution is 0.276. The van der Waals surface area contributed by atoms with Gasteiger partial charge in [0, 0.05) is 11.6 Å². The predicted octanol–water partition coefficient (Wildman–Crippen LogP) is 5.45. The number of fused-ring (bicyclic) bond motifs is 1. The van der Waals surface area contributed by atoms with Crippen molar-refractivity contribution in [2.24, 2.45) is 0 Å². The number of allylic oxidation sites excluding steroid dienone is 1. The molecule has 0 saturated heterocycles. The normalized spacial score (nSPS) is 10.9. The molecule has 0 bridgehead atoms. The largest absolute Gasteiger partial charge is 0.331 e. The average molecular weight is 305 g/mol. The first kappa shape index (κ1) is 17.8. The van der Waals surface area contributed by atoms with E-state index in [0.29, 0.717) is 0 Å². The number of hydrogen-bond acceptors (Lipinski definition) is 3. The molecule has 3 nitrogen and oxygen atoms in total. The highest BCUT2D eigenvalue weighted by molar-refractivity contribution is 7.50. The summed E-state index contributed by atoms with van der Waals surface area (Å²) in [6, 6.07) is 10.3. The smallest absolute Gasteiger partial charge is 0.196 e. The van der Waals surface area contributed by atoms with E-state index in [4.69, 9.17) is 9.05 Å². The molecular formula is C17H24NO2P. The molecule has 0 radical (unpaired) electrons. The molecule has 2 aromatic rings. The van der Waals surface area contributed by atoms with E-state index >= 15 is 0 Å². The summed E-state index contributed by atoms with van der Waals surface area (Å²) in [5.74, 6) is 1.96. The van der Waals surface area contributed by atoms with E-state index in [0.717, 1.165) is 18.7 Å². The SMILES string of the molecule is C/C=C/P(OCC)OCC.Cc1ccc2ncccc2c1. The maximum Gasteiger partial charge on any atom is 0.196 e. The number of benzene rings is 1. The van der Waals surface area contributed by atoms with Crippen molar-refractivity contribution in [2.45, 2.75) is 27.7 Å². The van der Waals surface area contributed by atoms with E-state index in [-0.39, 0.29) is 0 Å². The lowest BCUT2D eigenvalue weighted by Crippen LogP contribution is -1.86. The maximum absolute atomic E-state index is 5.28. The van der Waals surface area contributed by atoms with E-state index < -0.39 is 8.38 Å². The van der Waals surface area contributed by atoms with Gasteiger partial charge in [-0.15, -0.1) is 0 Å². The van der Waals surface area contributed by atoms with Crippen LogP contribution in [-0.2, 0) is 9.05 Å². The Morgan fingerprint density at radius 2 is 1.86 bits per heavy atom. The minimum absolute atomic E-state index is 0.718. The first-order valence-electron chi connectivity index (χ1n) is 7.20. The highest BCUT2D eigenvalue weighted by Crippen LogP contribution is 2.39. The third-order valence-electron chi connectivity index (χ3n) is 2.54. The second kappa shape index (κ2) is 10.4. The molecule has 1 aromatic carbocycles. The fourth-order valence-electron chi connectivity index (χ4n) is 1.69. The third-order valence-corrected chi connectivity index (χ3v) is 4.11. The summed E-state index contributed by atoms with van der Waals surface area (Å²) in [6.07, 6.45) is 3.77. The molecule has 1 aromatic heterocycles. The van der Waals surface area contributed by atoms with Crippen LogP contribution in [0.3, 0.4) is 0 Å². The molecule has 0 aliphatic carbocycles. The van der Waals surface area contributed by atoms with E-state index in [1.165, 1.54) is 10.9 Å². The minimum atomic E-state index is -0.742. The van der Waals surface area contributed by atoms with Crippen molar-refractivity contribution in [3.05, 3.63) is 54.0 Å². The number of aryl methyl sites for hydroxylation is 1. The Morgan fingerprint density at radius 1 is 1.14 bits per heavy atom. The molecule has 0 unspecified atom stereocenters. The fraction of sp³-hybridized carbons (Fsp3) is 0.353. The second-order valence-corrected chi connectivity index (χ2v) is 5.69. The zero-order valence-corrected chi connectivity index (χ0v) is 14.1. The Hall–Kier alpha value is -1.28. The van der Waals surface area contributed by atoms with Gasteiger partial charge < -0.3 is 9.05 Å². The van der Waals surface area contributed by atoms with Crippen LogP contribution in [0, 0.1) is 6.92 Å². The maximum atomic E-state index is 5.28. The highest BCUT2D eigenvalue weighted by Gasteiger charge is 2.01. The van der Waals surface area contributed by atoms with Crippen LogP contribution in [0.2, 0.25) is 0 Å².